The van der Waals surface area contributed by atoms with Gasteiger partial charge in [-0.1, -0.05) is 0 Å². The van der Waals surface area contributed by atoms with Crippen LogP contribution in [-0.4, -0.2) is 39.9 Å². The number of hydrogen-bond donors (Lipinski definition) is 1. The van der Waals surface area contributed by atoms with Crippen LogP contribution in [0.1, 0.15) is 34.2 Å². The number of ether oxygens (including phenoxy) is 1. The Morgan fingerprint density at radius 3 is 2.44 bits per heavy atom. The van der Waals surface area contributed by atoms with Crippen LogP contribution in [0.2, 0.25) is 0 Å². The number of non-ortho nitro benzene ring substituents is 1. The molecule has 9 nitrogen and oxygen atoms in total. The average molecular weight is 481 g/mol. The third-order valence-electron chi connectivity index (χ3n) is 4.92. The number of aromatic nitrogens is 1. The molecule has 1 aromatic heterocycles. The van der Waals surface area contributed by atoms with Gasteiger partial charge >= 0.3 is 5.97 Å². The molecule has 0 aliphatic carbocycles. The highest BCUT2D eigenvalue weighted by atomic mass is 32.2. The number of hydrogen-bond acceptors (Lipinski definition) is 7. The van der Waals surface area contributed by atoms with E-state index in [0.29, 0.717) is 12.2 Å². The number of esters is 1. The van der Waals surface area contributed by atoms with Crippen LogP contribution in [0.3, 0.4) is 0 Å². The first kappa shape index (κ1) is 24.7. The van der Waals surface area contributed by atoms with Crippen LogP contribution in [0.15, 0.2) is 64.6 Å². The number of nitrogens with zero attached hydrogens (tertiary/aromatic N) is 3. The molecule has 34 heavy (non-hydrogen) atoms. The smallest absolute Gasteiger partial charge is 0.338 e. The Morgan fingerprint density at radius 2 is 1.82 bits per heavy atom. The van der Waals surface area contributed by atoms with Crippen molar-refractivity contribution in [3.63, 3.8) is 0 Å². The molecule has 0 aliphatic heterocycles. The van der Waals surface area contributed by atoms with E-state index in [1.807, 2.05) is 36.6 Å². The molecule has 2 aromatic carbocycles. The fourth-order valence-corrected chi connectivity index (χ4v) is 3.99. The molecule has 3 rings (SSSR count). The summed E-state index contributed by atoms with van der Waals surface area (Å²) in [5.74, 6) is -0.519. The van der Waals surface area contributed by atoms with Crippen molar-refractivity contribution in [3.05, 3.63) is 87.2 Å². The monoisotopic (exact) mass is 480 g/mol. The molecule has 1 heterocycles. The van der Waals surface area contributed by atoms with E-state index in [2.05, 4.69) is 10.5 Å². The lowest BCUT2D eigenvalue weighted by Crippen LogP contribution is -2.19. The minimum atomic E-state index is -0.467. The first-order valence-electron chi connectivity index (χ1n) is 10.5. The predicted molar refractivity (Wildman–Crippen MR) is 131 cm³/mol. The van der Waals surface area contributed by atoms with E-state index in [9.17, 15) is 19.7 Å². The summed E-state index contributed by atoms with van der Waals surface area (Å²) in [5.41, 5.74) is 6.64. The normalized spacial score (nSPS) is 10.9. The fourth-order valence-electron chi connectivity index (χ4n) is 3.30. The largest absolute Gasteiger partial charge is 0.462 e. The second-order valence-corrected chi connectivity index (χ2v) is 8.31. The maximum atomic E-state index is 12.1. The Morgan fingerprint density at radius 1 is 1.15 bits per heavy atom. The number of amides is 1. The van der Waals surface area contributed by atoms with Crippen molar-refractivity contribution in [1.29, 1.82) is 0 Å². The third-order valence-corrected chi connectivity index (χ3v) is 5.93. The summed E-state index contributed by atoms with van der Waals surface area (Å²) in [6.07, 6.45) is 1.58. The number of nitro benzene ring substituents is 1. The maximum absolute atomic E-state index is 12.1. The van der Waals surface area contributed by atoms with Crippen LogP contribution in [0.5, 0.6) is 0 Å². The Hall–Kier alpha value is -3.92. The maximum Gasteiger partial charge on any atom is 0.338 e. The second-order valence-electron chi connectivity index (χ2n) is 7.26. The molecule has 0 atom stereocenters. The van der Waals surface area contributed by atoms with Crippen molar-refractivity contribution < 1.29 is 19.2 Å². The molecule has 0 radical (unpaired) electrons. The van der Waals surface area contributed by atoms with Gasteiger partial charge in [-0.2, -0.15) is 5.10 Å². The highest BCUT2D eigenvalue weighted by Crippen LogP contribution is 2.22. The SMILES string of the molecule is CCOC(=O)c1ccc(-n2c(C)cc(/C=N\NC(=O)CSc3ccc([N+](=O)[O-])cc3)c2C)cc1. The predicted octanol–water partition coefficient (Wildman–Crippen LogP) is 4.42. The number of thioether (sulfide) groups is 1. The Labute approximate surface area is 201 Å². The molecule has 0 saturated heterocycles. The fraction of sp³-hybridized carbons (Fsp3) is 0.208. The molecular formula is C24H24N4O5S. The number of carbonyl (C=O) groups is 2. The van der Waals surface area contributed by atoms with Gasteiger partial charge in [0.05, 0.1) is 29.1 Å². The molecule has 0 spiro atoms. The first-order valence-corrected chi connectivity index (χ1v) is 11.4. The molecule has 176 valence electrons. The second kappa shape index (κ2) is 11.3. The van der Waals surface area contributed by atoms with Gasteiger partial charge in [0.1, 0.15) is 0 Å². The van der Waals surface area contributed by atoms with Crippen molar-refractivity contribution in [2.24, 2.45) is 5.10 Å². The van der Waals surface area contributed by atoms with Crippen molar-refractivity contribution in [2.45, 2.75) is 25.7 Å². The number of hydrazone groups is 1. The minimum Gasteiger partial charge on any atom is -0.462 e. The summed E-state index contributed by atoms with van der Waals surface area (Å²) in [6.45, 7) is 6.00. The van der Waals surface area contributed by atoms with Gasteiger partial charge in [-0.15, -0.1) is 11.8 Å². The molecule has 3 aromatic rings. The van der Waals surface area contributed by atoms with Gasteiger partial charge in [0.15, 0.2) is 0 Å². The summed E-state index contributed by atoms with van der Waals surface area (Å²) < 4.78 is 7.05. The van der Waals surface area contributed by atoms with Crippen molar-refractivity contribution >= 4 is 35.5 Å². The molecule has 0 bridgehead atoms. The lowest BCUT2D eigenvalue weighted by atomic mass is 10.2. The van der Waals surface area contributed by atoms with Gasteiger partial charge in [0.25, 0.3) is 5.69 Å². The molecular weight excluding hydrogens is 456 g/mol. The number of aryl methyl sites for hydroxylation is 1. The lowest BCUT2D eigenvalue weighted by molar-refractivity contribution is -0.384. The zero-order valence-corrected chi connectivity index (χ0v) is 19.8. The van der Waals surface area contributed by atoms with E-state index in [1.54, 1.807) is 37.4 Å². The van der Waals surface area contributed by atoms with Crippen LogP contribution in [0.25, 0.3) is 5.69 Å². The standard InChI is InChI=1S/C24H24N4O5S/c1-4-33-24(30)18-5-7-20(8-6-18)27-16(2)13-19(17(27)3)14-25-26-23(29)15-34-22-11-9-21(10-12-22)28(31)32/h5-14H,4,15H2,1-3H3,(H,26,29)/b25-14-. The van der Waals surface area contributed by atoms with Crippen molar-refractivity contribution in [2.75, 3.05) is 12.4 Å². The van der Waals surface area contributed by atoms with Crippen molar-refractivity contribution in [3.8, 4) is 5.69 Å². The highest BCUT2D eigenvalue weighted by Gasteiger charge is 2.12. The van der Waals surface area contributed by atoms with Crippen LogP contribution in [0, 0.1) is 24.0 Å². The molecule has 1 N–H and O–H groups in total. The highest BCUT2D eigenvalue weighted by molar-refractivity contribution is 8.00. The first-order chi connectivity index (χ1) is 16.3. The molecule has 0 aliphatic rings. The summed E-state index contributed by atoms with van der Waals surface area (Å²) in [6, 6.07) is 15.1. The van der Waals surface area contributed by atoms with Crippen LogP contribution < -0.4 is 5.43 Å². The number of rotatable bonds is 9. The van der Waals surface area contributed by atoms with E-state index in [4.69, 9.17) is 4.74 Å². The average Bonchev–Trinajstić information content (AvgIpc) is 3.11. The van der Waals surface area contributed by atoms with E-state index < -0.39 is 4.92 Å². The van der Waals surface area contributed by atoms with Crippen LogP contribution in [-0.2, 0) is 9.53 Å². The third kappa shape index (κ3) is 6.10. The Bertz CT molecular complexity index is 1220. The lowest BCUT2D eigenvalue weighted by Gasteiger charge is -2.10. The zero-order chi connectivity index (χ0) is 24.7. The van der Waals surface area contributed by atoms with E-state index >= 15 is 0 Å². The van der Waals surface area contributed by atoms with E-state index in [1.165, 1.54) is 23.9 Å². The number of nitro groups is 1. The van der Waals surface area contributed by atoms with E-state index in [-0.39, 0.29) is 23.3 Å². The van der Waals surface area contributed by atoms with Crippen LogP contribution >= 0.6 is 11.8 Å². The van der Waals surface area contributed by atoms with Gasteiger partial charge in [-0.3, -0.25) is 14.9 Å². The zero-order valence-electron chi connectivity index (χ0n) is 19.0. The molecule has 1 amide bonds. The molecule has 10 heteroatoms. The van der Waals surface area contributed by atoms with E-state index in [0.717, 1.165) is 27.5 Å². The van der Waals surface area contributed by atoms with Gasteiger partial charge in [0, 0.05) is 39.7 Å². The van der Waals surface area contributed by atoms with Gasteiger partial charge in [-0.25, -0.2) is 10.2 Å². The number of nitrogens with one attached hydrogen (secondary N) is 1. The summed E-state index contributed by atoms with van der Waals surface area (Å²) in [7, 11) is 0. The Balaban J connectivity index is 1.60. The quantitative estimate of drug-likeness (QED) is 0.159. The Kier molecular flexibility index (Phi) is 8.20. The van der Waals surface area contributed by atoms with Crippen LogP contribution in [0.4, 0.5) is 5.69 Å². The molecule has 0 unspecified atom stereocenters. The summed E-state index contributed by atoms with van der Waals surface area (Å²) in [5, 5.41) is 14.8. The summed E-state index contributed by atoms with van der Waals surface area (Å²) >= 11 is 1.26. The number of benzene rings is 2. The van der Waals surface area contributed by atoms with Gasteiger partial charge in [-0.05, 0) is 63.2 Å². The topological polar surface area (TPSA) is 116 Å². The summed E-state index contributed by atoms with van der Waals surface area (Å²) in [4.78, 5) is 34.9. The van der Waals surface area contributed by atoms with Crippen molar-refractivity contribution in [1.82, 2.24) is 9.99 Å². The minimum absolute atomic E-state index is 0.00550. The van der Waals surface area contributed by atoms with Gasteiger partial charge < -0.3 is 9.30 Å². The van der Waals surface area contributed by atoms with Gasteiger partial charge in [0.2, 0.25) is 5.91 Å². The molecule has 0 fully saturated rings. The molecule has 0 saturated carbocycles. The number of carbonyl (C=O) groups excluding carboxylic acids is 2.